The molecule has 0 fully saturated rings. The molecule has 1 aromatic carbocycles. The SMILES string of the molecule is C=CC(O)Nc1cc(N)ccc1OCCOC. The molecule has 1 atom stereocenters. The van der Waals surface area contributed by atoms with Gasteiger partial charge in [-0.3, -0.25) is 0 Å². The molecule has 0 spiro atoms. The van der Waals surface area contributed by atoms with E-state index in [1.807, 2.05) is 0 Å². The fourth-order valence-corrected chi connectivity index (χ4v) is 1.24. The van der Waals surface area contributed by atoms with Crippen molar-refractivity contribution in [3.63, 3.8) is 0 Å². The topological polar surface area (TPSA) is 76.7 Å². The summed E-state index contributed by atoms with van der Waals surface area (Å²) in [6, 6.07) is 5.16. The molecule has 1 aromatic rings. The smallest absolute Gasteiger partial charge is 0.143 e. The van der Waals surface area contributed by atoms with Gasteiger partial charge in [0.25, 0.3) is 0 Å². The van der Waals surface area contributed by atoms with Crippen molar-refractivity contribution in [1.29, 1.82) is 0 Å². The minimum atomic E-state index is -0.846. The normalized spacial score (nSPS) is 11.9. The lowest BCUT2D eigenvalue weighted by atomic mass is 10.2. The average Bonchev–Trinajstić information content (AvgIpc) is 2.32. The van der Waals surface area contributed by atoms with Crippen LogP contribution < -0.4 is 15.8 Å². The number of benzene rings is 1. The van der Waals surface area contributed by atoms with Gasteiger partial charge >= 0.3 is 0 Å². The number of rotatable bonds is 7. The van der Waals surface area contributed by atoms with Crippen LogP contribution in [0.2, 0.25) is 0 Å². The number of methoxy groups -OCH3 is 1. The Labute approximate surface area is 101 Å². The van der Waals surface area contributed by atoms with Crippen LogP contribution in [0.5, 0.6) is 5.75 Å². The molecule has 5 heteroatoms. The molecule has 0 aliphatic rings. The Hall–Kier alpha value is -1.72. The van der Waals surface area contributed by atoms with Gasteiger partial charge in [-0.25, -0.2) is 0 Å². The largest absolute Gasteiger partial charge is 0.489 e. The third kappa shape index (κ3) is 4.34. The summed E-state index contributed by atoms with van der Waals surface area (Å²) in [6.45, 7) is 4.40. The summed E-state index contributed by atoms with van der Waals surface area (Å²) in [5.41, 5.74) is 6.88. The second-order valence-corrected chi connectivity index (χ2v) is 3.42. The second-order valence-electron chi connectivity index (χ2n) is 3.42. The molecule has 0 aliphatic heterocycles. The van der Waals surface area contributed by atoms with E-state index in [2.05, 4.69) is 11.9 Å². The van der Waals surface area contributed by atoms with E-state index in [4.69, 9.17) is 15.2 Å². The van der Waals surface area contributed by atoms with Crippen LogP contribution in [0.25, 0.3) is 0 Å². The molecule has 0 heterocycles. The highest BCUT2D eigenvalue weighted by molar-refractivity contribution is 5.63. The molecular weight excluding hydrogens is 220 g/mol. The van der Waals surface area contributed by atoms with Gasteiger partial charge in [-0.1, -0.05) is 6.58 Å². The lowest BCUT2D eigenvalue weighted by molar-refractivity contribution is 0.146. The highest BCUT2D eigenvalue weighted by Gasteiger charge is 2.06. The number of aliphatic hydroxyl groups excluding tert-OH is 1. The number of nitrogens with one attached hydrogen (secondary N) is 1. The van der Waals surface area contributed by atoms with Gasteiger partial charge in [0.05, 0.1) is 12.3 Å². The van der Waals surface area contributed by atoms with E-state index < -0.39 is 6.23 Å². The fraction of sp³-hybridized carbons (Fsp3) is 0.333. The summed E-state index contributed by atoms with van der Waals surface area (Å²) < 4.78 is 10.4. The molecule has 0 amide bonds. The quantitative estimate of drug-likeness (QED) is 0.288. The van der Waals surface area contributed by atoms with E-state index in [9.17, 15) is 5.11 Å². The molecule has 5 nitrogen and oxygen atoms in total. The molecule has 0 aromatic heterocycles. The summed E-state index contributed by atoms with van der Waals surface area (Å²) in [5.74, 6) is 0.608. The molecule has 94 valence electrons. The van der Waals surface area contributed by atoms with Crippen molar-refractivity contribution in [1.82, 2.24) is 0 Å². The minimum Gasteiger partial charge on any atom is -0.489 e. The van der Waals surface area contributed by atoms with Gasteiger partial charge in [-0.15, -0.1) is 0 Å². The van der Waals surface area contributed by atoms with E-state index in [0.29, 0.717) is 30.3 Å². The average molecular weight is 238 g/mol. The van der Waals surface area contributed by atoms with Gasteiger partial charge in [0.1, 0.15) is 18.6 Å². The number of nitrogens with two attached hydrogens (primary N) is 1. The van der Waals surface area contributed by atoms with Crippen LogP contribution in [-0.4, -0.2) is 31.7 Å². The molecule has 0 bridgehead atoms. The Balaban J connectivity index is 2.76. The molecule has 0 radical (unpaired) electrons. The van der Waals surface area contributed by atoms with E-state index >= 15 is 0 Å². The first-order valence-electron chi connectivity index (χ1n) is 5.25. The molecule has 0 saturated carbocycles. The second kappa shape index (κ2) is 6.78. The number of hydrogen-bond acceptors (Lipinski definition) is 5. The van der Waals surface area contributed by atoms with Gasteiger partial charge in [-0.2, -0.15) is 0 Å². The van der Waals surface area contributed by atoms with E-state index in [1.165, 1.54) is 6.08 Å². The van der Waals surface area contributed by atoms with Crippen LogP contribution in [-0.2, 0) is 4.74 Å². The Bertz CT molecular complexity index is 369. The third-order valence-corrected chi connectivity index (χ3v) is 2.08. The van der Waals surface area contributed by atoms with Gasteiger partial charge in [0.15, 0.2) is 0 Å². The maximum Gasteiger partial charge on any atom is 0.143 e. The standard InChI is InChI=1S/C12H18N2O3/c1-3-12(15)14-10-8-9(13)4-5-11(10)17-7-6-16-2/h3-5,8,12,14-15H,1,6-7,13H2,2H3. The predicted molar refractivity (Wildman–Crippen MR) is 68.1 cm³/mol. The Morgan fingerprint density at radius 1 is 1.53 bits per heavy atom. The number of nitrogen functional groups attached to an aromatic ring is 1. The van der Waals surface area contributed by atoms with Crippen LogP contribution in [0, 0.1) is 0 Å². The first kappa shape index (κ1) is 13.3. The van der Waals surface area contributed by atoms with Gasteiger partial charge in [0.2, 0.25) is 0 Å². The Morgan fingerprint density at radius 2 is 2.29 bits per heavy atom. The zero-order chi connectivity index (χ0) is 12.7. The van der Waals surface area contributed by atoms with Crippen molar-refractivity contribution in [2.75, 3.05) is 31.4 Å². The number of anilines is 2. The Kier molecular flexibility index (Phi) is 5.32. The van der Waals surface area contributed by atoms with Gasteiger partial charge < -0.3 is 25.6 Å². The van der Waals surface area contributed by atoms with Crippen molar-refractivity contribution >= 4 is 11.4 Å². The fourth-order valence-electron chi connectivity index (χ4n) is 1.24. The first-order valence-corrected chi connectivity index (χ1v) is 5.25. The van der Waals surface area contributed by atoms with Crippen LogP contribution in [0.4, 0.5) is 11.4 Å². The number of aliphatic hydroxyl groups is 1. The summed E-state index contributed by atoms with van der Waals surface area (Å²) in [4.78, 5) is 0. The molecular formula is C12H18N2O3. The minimum absolute atomic E-state index is 0.430. The summed E-state index contributed by atoms with van der Waals surface area (Å²) in [7, 11) is 1.60. The van der Waals surface area contributed by atoms with E-state index in [0.717, 1.165) is 0 Å². The van der Waals surface area contributed by atoms with Gasteiger partial charge in [0, 0.05) is 12.8 Å². The highest BCUT2D eigenvalue weighted by Crippen LogP contribution is 2.27. The van der Waals surface area contributed by atoms with Crippen LogP contribution >= 0.6 is 0 Å². The van der Waals surface area contributed by atoms with E-state index in [1.54, 1.807) is 25.3 Å². The highest BCUT2D eigenvalue weighted by atomic mass is 16.5. The molecule has 4 N–H and O–H groups in total. The summed E-state index contributed by atoms with van der Waals surface area (Å²) in [5, 5.41) is 12.3. The lowest BCUT2D eigenvalue weighted by Gasteiger charge is -2.15. The first-order chi connectivity index (χ1) is 8.17. The van der Waals surface area contributed by atoms with Gasteiger partial charge in [-0.05, 0) is 24.3 Å². The molecule has 17 heavy (non-hydrogen) atoms. The lowest BCUT2D eigenvalue weighted by Crippen LogP contribution is -2.16. The maximum atomic E-state index is 9.45. The number of ether oxygens (including phenoxy) is 2. The van der Waals surface area contributed by atoms with Crippen LogP contribution in [0.1, 0.15) is 0 Å². The van der Waals surface area contributed by atoms with Crippen molar-refractivity contribution in [2.24, 2.45) is 0 Å². The third-order valence-electron chi connectivity index (χ3n) is 2.08. The van der Waals surface area contributed by atoms with Crippen LogP contribution in [0.15, 0.2) is 30.9 Å². The summed E-state index contributed by atoms with van der Waals surface area (Å²) >= 11 is 0. The molecule has 0 aliphatic carbocycles. The zero-order valence-electron chi connectivity index (χ0n) is 9.85. The van der Waals surface area contributed by atoms with Crippen molar-refractivity contribution in [2.45, 2.75) is 6.23 Å². The summed E-state index contributed by atoms with van der Waals surface area (Å²) in [6.07, 6.45) is 0.531. The maximum absolute atomic E-state index is 9.45. The molecule has 1 unspecified atom stereocenters. The molecule has 1 rings (SSSR count). The molecule has 0 saturated heterocycles. The van der Waals surface area contributed by atoms with Crippen LogP contribution in [0.3, 0.4) is 0 Å². The monoisotopic (exact) mass is 238 g/mol. The van der Waals surface area contributed by atoms with Crippen molar-refractivity contribution in [3.8, 4) is 5.75 Å². The van der Waals surface area contributed by atoms with Crippen molar-refractivity contribution in [3.05, 3.63) is 30.9 Å². The predicted octanol–water partition coefficient (Wildman–Crippen LogP) is 1.21. The number of hydrogen-bond donors (Lipinski definition) is 3. The Morgan fingerprint density at radius 3 is 2.94 bits per heavy atom. The van der Waals surface area contributed by atoms with E-state index in [-0.39, 0.29) is 0 Å². The van der Waals surface area contributed by atoms with Crippen molar-refractivity contribution < 1.29 is 14.6 Å². The zero-order valence-corrected chi connectivity index (χ0v) is 9.85.